The van der Waals surface area contributed by atoms with Crippen molar-refractivity contribution in [3.05, 3.63) is 54.2 Å². The van der Waals surface area contributed by atoms with Gasteiger partial charge < -0.3 is 14.8 Å². The molecule has 0 spiro atoms. The number of carbonyl (C=O) groups excluding carboxylic acids is 1. The standard InChI is InChI=1S/C21H20N4O2/c1-21(2,3)19-16(18(27-25-19)13-8-5-4-6-9-13)20-23-15-11-7-10-14(22-12-26)17(15)24-20/h4-12H,1-3H3,(H,22,26)(H,23,24). The number of carbonyl (C=O) groups is 1. The lowest BCUT2D eigenvalue weighted by Crippen LogP contribution is -2.13. The van der Waals surface area contributed by atoms with Crippen LogP contribution in [0.2, 0.25) is 0 Å². The molecule has 2 aromatic carbocycles. The number of hydrogen-bond donors (Lipinski definition) is 2. The molecule has 0 aliphatic carbocycles. The minimum Gasteiger partial charge on any atom is -0.355 e. The van der Waals surface area contributed by atoms with Gasteiger partial charge in [-0.3, -0.25) is 4.79 Å². The van der Waals surface area contributed by atoms with E-state index >= 15 is 0 Å². The first-order valence-corrected chi connectivity index (χ1v) is 8.74. The quantitative estimate of drug-likeness (QED) is 0.514. The second kappa shape index (κ2) is 6.39. The molecular weight excluding hydrogens is 340 g/mol. The number of benzene rings is 2. The predicted octanol–water partition coefficient (Wildman–Crippen LogP) is 4.75. The highest BCUT2D eigenvalue weighted by Gasteiger charge is 2.29. The van der Waals surface area contributed by atoms with Crippen molar-refractivity contribution in [3.8, 4) is 22.7 Å². The van der Waals surface area contributed by atoms with Gasteiger partial charge in [0.2, 0.25) is 6.41 Å². The first-order valence-electron chi connectivity index (χ1n) is 8.74. The van der Waals surface area contributed by atoms with Gasteiger partial charge in [0.05, 0.1) is 16.8 Å². The van der Waals surface area contributed by atoms with Crippen LogP contribution in [-0.2, 0) is 10.2 Å². The van der Waals surface area contributed by atoms with Gasteiger partial charge in [-0.15, -0.1) is 0 Å². The van der Waals surface area contributed by atoms with E-state index in [1.165, 1.54) is 0 Å². The molecule has 0 fully saturated rings. The van der Waals surface area contributed by atoms with Gasteiger partial charge in [-0.1, -0.05) is 62.3 Å². The summed E-state index contributed by atoms with van der Waals surface area (Å²) in [4.78, 5) is 19.0. The lowest BCUT2D eigenvalue weighted by Gasteiger charge is -2.15. The first-order chi connectivity index (χ1) is 13.0. The Bertz CT molecular complexity index is 1100. The van der Waals surface area contributed by atoms with Crippen LogP contribution >= 0.6 is 0 Å². The molecule has 4 rings (SSSR count). The Kier molecular flexibility index (Phi) is 4.03. The molecule has 0 unspecified atom stereocenters. The van der Waals surface area contributed by atoms with Crippen molar-refractivity contribution in [2.75, 3.05) is 5.32 Å². The molecule has 0 saturated carbocycles. The van der Waals surface area contributed by atoms with Crippen molar-refractivity contribution in [3.63, 3.8) is 0 Å². The summed E-state index contributed by atoms with van der Waals surface area (Å²) >= 11 is 0. The van der Waals surface area contributed by atoms with Crippen LogP contribution in [-0.4, -0.2) is 21.5 Å². The normalized spacial score (nSPS) is 11.7. The average molecular weight is 360 g/mol. The third kappa shape index (κ3) is 2.99. The molecule has 6 nitrogen and oxygen atoms in total. The number of anilines is 1. The van der Waals surface area contributed by atoms with Gasteiger partial charge >= 0.3 is 0 Å². The van der Waals surface area contributed by atoms with Crippen molar-refractivity contribution < 1.29 is 9.32 Å². The van der Waals surface area contributed by atoms with Gasteiger partial charge in [0.1, 0.15) is 17.0 Å². The van der Waals surface area contributed by atoms with Gasteiger partial charge in [-0.2, -0.15) is 0 Å². The highest BCUT2D eigenvalue weighted by atomic mass is 16.5. The molecule has 2 heterocycles. The molecule has 1 amide bonds. The third-order valence-corrected chi connectivity index (χ3v) is 4.40. The lowest BCUT2D eigenvalue weighted by molar-refractivity contribution is -0.105. The van der Waals surface area contributed by atoms with Crippen LogP contribution in [0.25, 0.3) is 33.7 Å². The zero-order valence-corrected chi connectivity index (χ0v) is 15.4. The average Bonchev–Trinajstić information content (AvgIpc) is 3.27. The van der Waals surface area contributed by atoms with E-state index in [-0.39, 0.29) is 5.41 Å². The van der Waals surface area contributed by atoms with E-state index in [0.29, 0.717) is 29.2 Å². The monoisotopic (exact) mass is 360 g/mol. The maximum Gasteiger partial charge on any atom is 0.211 e. The number of H-pyrrole nitrogens is 1. The number of rotatable bonds is 4. The smallest absolute Gasteiger partial charge is 0.211 e. The van der Waals surface area contributed by atoms with E-state index < -0.39 is 0 Å². The minimum absolute atomic E-state index is 0.227. The fraction of sp³-hybridized carbons (Fsp3) is 0.190. The van der Waals surface area contributed by atoms with Crippen molar-refractivity contribution >= 4 is 23.1 Å². The molecule has 0 bridgehead atoms. The first kappa shape index (κ1) is 17.0. The summed E-state index contributed by atoms with van der Waals surface area (Å²) in [5, 5.41) is 7.06. The summed E-state index contributed by atoms with van der Waals surface area (Å²) < 4.78 is 5.75. The maximum atomic E-state index is 10.9. The number of para-hydroxylation sites is 1. The fourth-order valence-corrected chi connectivity index (χ4v) is 3.14. The highest BCUT2D eigenvalue weighted by Crippen LogP contribution is 2.40. The molecule has 2 N–H and O–H groups in total. The van der Waals surface area contributed by atoms with Crippen LogP contribution in [0.15, 0.2) is 53.1 Å². The molecule has 27 heavy (non-hydrogen) atoms. The fourth-order valence-electron chi connectivity index (χ4n) is 3.14. The summed E-state index contributed by atoms with van der Waals surface area (Å²) in [6.45, 7) is 6.27. The number of nitrogens with one attached hydrogen (secondary N) is 2. The largest absolute Gasteiger partial charge is 0.355 e. The van der Waals surface area contributed by atoms with Crippen LogP contribution in [0, 0.1) is 0 Å². The second-order valence-corrected chi connectivity index (χ2v) is 7.40. The van der Waals surface area contributed by atoms with Gasteiger partial charge in [0, 0.05) is 11.0 Å². The molecule has 0 radical (unpaired) electrons. The molecule has 0 atom stereocenters. The molecule has 4 aromatic rings. The molecule has 6 heteroatoms. The summed E-state index contributed by atoms with van der Waals surface area (Å²) in [5.41, 5.74) is 4.54. The summed E-state index contributed by atoms with van der Waals surface area (Å²) in [6.07, 6.45) is 0.651. The number of aromatic nitrogens is 3. The lowest BCUT2D eigenvalue weighted by atomic mass is 9.88. The Hall–Kier alpha value is -3.41. The Morgan fingerprint density at radius 2 is 1.85 bits per heavy atom. The van der Waals surface area contributed by atoms with Crippen molar-refractivity contribution in [2.45, 2.75) is 26.2 Å². The molecule has 0 aliphatic heterocycles. The molecule has 136 valence electrons. The summed E-state index contributed by atoms with van der Waals surface area (Å²) in [5.74, 6) is 1.33. The predicted molar refractivity (Wildman–Crippen MR) is 105 cm³/mol. The molecule has 2 aromatic heterocycles. The van der Waals surface area contributed by atoms with E-state index in [1.54, 1.807) is 0 Å². The van der Waals surface area contributed by atoms with Crippen molar-refractivity contribution in [1.29, 1.82) is 0 Å². The topological polar surface area (TPSA) is 83.8 Å². The van der Waals surface area contributed by atoms with Crippen LogP contribution < -0.4 is 5.32 Å². The Morgan fingerprint density at radius 3 is 2.56 bits per heavy atom. The van der Waals surface area contributed by atoms with Gasteiger partial charge in [-0.05, 0) is 12.1 Å². The van der Waals surface area contributed by atoms with E-state index in [2.05, 4.69) is 36.2 Å². The van der Waals surface area contributed by atoms with E-state index in [0.717, 1.165) is 22.3 Å². The SMILES string of the molecule is CC(C)(C)c1noc(-c2ccccc2)c1-c1nc2c(NC=O)cccc2[nH]1. The number of imidazole rings is 1. The van der Waals surface area contributed by atoms with Crippen LogP contribution in [0.5, 0.6) is 0 Å². The highest BCUT2D eigenvalue weighted by molar-refractivity contribution is 5.95. The minimum atomic E-state index is -0.227. The number of aromatic amines is 1. The Morgan fingerprint density at radius 1 is 1.07 bits per heavy atom. The summed E-state index contributed by atoms with van der Waals surface area (Å²) in [6, 6.07) is 15.5. The van der Waals surface area contributed by atoms with Crippen molar-refractivity contribution in [2.24, 2.45) is 0 Å². The number of fused-ring (bicyclic) bond motifs is 1. The van der Waals surface area contributed by atoms with Crippen LogP contribution in [0.3, 0.4) is 0 Å². The van der Waals surface area contributed by atoms with Gasteiger partial charge in [-0.25, -0.2) is 4.98 Å². The number of nitrogens with zero attached hydrogens (tertiary/aromatic N) is 2. The zero-order chi connectivity index (χ0) is 19.0. The third-order valence-electron chi connectivity index (χ3n) is 4.40. The number of hydrogen-bond acceptors (Lipinski definition) is 4. The Labute approximate surface area is 156 Å². The van der Waals surface area contributed by atoms with Gasteiger partial charge in [0.15, 0.2) is 5.76 Å². The zero-order valence-electron chi connectivity index (χ0n) is 15.4. The molecule has 0 aliphatic rings. The Balaban J connectivity index is 1.98. The number of amides is 1. The van der Waals surface area contributed by atoms with Gasteiger partial charge in [0.25, 0.3) is 0 Å². The molecule has 0 saturated heterocycles. The summed E-state index contributed by atoms with van der Waals surface area (Å²) in [7, 11) is 0. The van der Waals surface area contributed by atoms with E-state index in [9.17, 15) is 4.79 Å². The maximum absolute atomic E-state index is 10.9. The van der Waals surface area contributed by atoms with Crippen molar-refractivity contribution in [1.82, 2.24) is 15.1 Å². The van der Waals surface area contributed by atoms with Crippen LogP contribution in [0.4, 0.5) is 5.69 Å². The van der Waals surface area contributed by atoms with Crippen LogP contribution in [0.1, 0.15) is 26.5 Å². The second-order valence-electron chi connectivity index (χ2n) is 7.40. The van der Waals surface area contributed by atoms with E-state index in [4.69, 9.17) is 9.51 Å². The molecular formula is C21H20N4O2. The van der Waals surface area contributed by atoms with E-state index in [1.807, 2.05) is 48.5 Å².